The van der Waals surface area contributed by atoms with Crippen molar-refractivity contribution < 1.29 is 14.3 Å². The summed E-state index contributed by atoms with van der Waals surface area (Å²) in [5.74, 6) is 0.623. The van der Waals surface area contributed by atoms with E-state index in [0.29, 0.717) is 38.2 Å². The summed E-state index contributed by atoms with van der Waals surface area (Å²) in [6, 6.07) is 9.28. The maximum absolute atomic E-state index is 12.2. The monoisotopic (exact) mass is 333 g/mol. The van der Waals surface area contributed by atoms with Crippen LogP contribution in [0, 0.1) is 5.92 Å². The highest BCUT2D eigenvalue weighted by Gasteiger charge is 2.28. The van der Waals surface area contributed by atoms with Gasteiger partial charge in [0.15, 0.2) is 6.61 Å². The normalized spacial score (nSPS) is 15.9. The summed E-state index contributed by atoms with van der Waals surface area (Å²) in [6.45, 7) is 5.41. The second-order valence-corrected chi connectivity index (χ2v) is 6.96. The lowest BCUT2D eigenvalue weighted by Crippen LogP contribution is -2.49. The van der Waals surface area contributed by atoms with Crippen molar-refractivity contribution in [3.05, 3.63) is 30.3 Å². The van der Waals surface area contributed by atoms with Gasteiger partial charge >= 0.3 is 0 Å². The molecule has 2 amide bonds. The first-order valence-corrected chi connectivity index (χ1v) is 8.37. The van der Waals surface area contributed by atoms with Crippen LogP contribution in [-0.4, -0.2) is 48.5 Å². The van der Waals surface area contributed by atoms with Gasteiger partial charge in [-0.25, -0.2) is 0 Å². The predicted octanol–water partition coefficient (Wildman–Crippen LogP) is 1.16. The molecule has 24 heavy (non-hydrogen) atoms. The smallest absolute Gasteiger partial charge is 0.260 e. The number of nitrogens with one attached hydrogen (secondary N) is 1. The van der Waals surface area contributed by atoms with Gasteiger partial charge in [0.25, 0.3) is 5.91 Å². The van der Waals surface area contributed by atoms with Gasteiger partial charge in [-0.3, -0.25) is 9.59 Å². The van der Waals surface area contributed by atoms with Crippen LogP contribution in [0.3, 0.4) is 0 Å². The Balaban J connectivity index is 1.71. The van der Waals surface area contributed by atoms with Gasteiger partial charge in [-0.2, -0.15) is 0 Å². The fraction of sp³-hybridized carbons (Fsp3) is 0.556. The number of para-hydroxylation sites is 1. The van der Waals surface area contributed by atoms with Crippen LogP contribution in [0.5, 0.6) is 5.75 Å². The number of hydrogen-bond donors (Lipinski definition) is 2. The SMILES string of the molecule is CC(C)(N)CNC(=O)C1CCN(C(=O)COc2ccccc2)CC1. The van der Waals surface area contributed by atoms with Crippen LogP contribution in [-0.2, 0) is 9.59 Å². The highest BCUT2D eigenvalue weighted by Crippen LogP contribution is 2.18. The molecular formula is C18H27N3O3. The van der Waals surface area contributed by atoms with E-state index in [9.17, 15) is 9.59 Å². The fourth-order valence-corrected chi connectivity index (χ4v) is 2.60. The molecule has 3 N–H and O–H groups in total. The van der Waals surface area contributed by atoms with Crippen LogP contribution in [0.1, 0.15) is 26.7 Å². The van der Waals surface area contributed by atoms with E-state index in [1.165, 1.54) is 0 Å². The van der Waals surface area contributed by atoms with Gasteiger partial charge in [-0.15, -0.1) is 0 Å². The average Bonchev–Trinajstić information content (AvgIpc) is 2.58. The van der Waals surface area contributed by atoms with Crippen LogP contribution < -0.4 is 15.8 Å². The largest absolute Gasteiger partial charge is 0.484 e. The van der Waals surface area contributed by atoms with Crippen molar-refractivity contribution in [2.24, 2.45) is 11.7 Å². The quantitative estimate of drug-likeness (QED) is 0.818. The van der Waals surface area contributed by atoms with Crippen LogP contribution >= 0.6 is 0 Å². The van der Waals surface area contributed by atoms with Crippen molar-refractivity contribution in [1.29, 1.82) is 0 Å². The van der Waals surface area contributed by atoms with Crippen molar-refractivity contribution in [2.75, 3.05) is 26.2 Å². The minimum Gasteiger partial charge on any atom is -0.484 e. The second-order valence-electron chi connectivity index (χ2n) is 6.96. The zero-order valence-electron chi connectivity index (χ0n) is 14.5. The summed E-state index contributed by atoms with van der Waals surface area (Å²) in [5.41, 5.74) is 5.46. The summed E-state index contributed by atoms with van der Waals surface area (Å²) >= 11 is 0. The molecule has 1 fully saturated rings. The molecule has 1 aliphatic rings. The number of likely N-dealkylation sites (tertiary alicyclic amines) is 1. The van der Waals surface area contributed by atoms with Crippen LogP contribution in [0.4, 0.5) is 0 Å². The number of benzene rings is 1. The maximum atomic E-state index is 12.2. The predicted molar refractivity (Wildman–Crippen MR) is 92.5 cm³/mol. The summed E-state index contributed by atoms with van der Waals surface area (Å²) in [7, 11) is 0. The summed E-state index contributed by atoms with van der Waals surface area (Å²) in [5, 5.41) is 2.89. The van der Waals surface area contributed by atoms with Gasteiger partial charge in [-0.05, 0) is 38.8 Å². The molecule has 0 atom stereocenters. The van der Waals surface area contributed by atoms with Gasteiger partial charge in [0.05, 0.1) is 0 Å². The first-order valence-electron chi connectivity index (χ1n) is 8.37. The molecule has 1 saturated heterocycles. The molecule has 1 aromatic rings. The van der Waals surface area contributed by atoms with Crippen molar-refractivity contribution in [1.82, 2.24) is 10.2 Å². The molecule has 0 spiro atoms. The number of carbonyl (C=O) groups excluding carboxylic acids is 2. The lowest BCUT2D eigenvalue weighted by atomic mass is 9.95. The second kappa shape index (κ2) is 8.15. The van der Waals surface area contributed by atoms with E-state index in [1.54, 1.807) is 4.90 Å². The Hall–Kier alpha value is -2.08. The highest BCUT2D eigenvalue weighted by molar-refractivity contribution is 5.80. The maximum Gasteiger partial charge on any atom is 0.260 e. The molecule has 0 aliphatic carbocycles. The highest BCUT2D eigenvalue weighted by atomic mass is 16.5. The Morgan fingerprint density at radius 1 is 1.25 bits per heavy atom. The Labute approximate surface area is 143 Å². The third-order valence-electron chi connectivity index (χ3n) is 4.04. The molecular weight excluding hydrogens is 306 g/mol. The van der Waals surface area contributed by atoms with E-state index in [2.05, 4.69) is 5.32 Å². The van der Waals surface area contributed by atoms with Gasteiger partial charge in [0, 0.05) is 31.1 Å². The number of hydrogen-bond acceptors (Lipinski definition) is 4. The molecule has 0 radical (unpaired) electrons. The van der Waals surface area contributed by atoms with Crippen molar-refractivity contribution >= 4 is 11.8 Å². The first kappa shape index (κ1) is 18.3. The molecule has 0 saturated carbocycles. The molecule has 1 aliphatic heterocycles. The fourth-order valence-electron chi connectivity index (χ4n) is 2.60. The van der Waals surface area contributed by atoms with E-state index in [0.717, 1.165) is 0 Å². The molecule has 0 aromatic heterocycles. The van der Waals surface area contributed by atoms with E-state index in [-0.39, 0.29) is 24.3 Å². The standard InChI is InChI=1S/C18H27N3O3/c1-18(2,19)13-20-17(23)14-8-10-21(11-9-14)16(22)12-24-15-6-4-3-5-7-15/h3-7,14H,8-13,19H2,1-2H3,(H,20,23). The number of nitrogens with two attached hydrogens (primary N) is 1. The van der Waals surface area contributed by atoms with E-state index in [4.69, 9.17) is 10.5 Å². The Morgan fingerprint density at radius 3 is 2.46 bits per heavy atom. The van der Waals surface area contributed by atoms with Crippen LogP contribution in [0.2, 0.25) is 0 Å². The van der Waals surface area contributed by atoms with E-state index >= 15 is 0 Å². The topological polar surface area (TPSA) is 84.7 Å². The number of rotatable bonds is 6. The molecule has 1 heterocycles. The molecule has 1 aromatic carbocycles. The molecule has 0 unspecified atom stereocenters. The zero-order valence-corrected chi connectivity index (χ0v) is 14.5. The third kappa shape index (κ3) is 5.85. The molecule has 0 bridgehead atoms. The minimum atomic E-state index is -0.416. The Bertz CT molecular complexity index is 546. The minimum absolute atomic E-state index is 0.0289. The lowest BCUT2D eigenvalue weighted by molar-refractivity contribution is -0.137. The van der Waals surface area contributed by atoms with Crippen LogP contribution in [0.25, 0.3) is 0 Å². The van der Waals surface area contributed by atoms with Gasteiger partial charge in [0.1, 0.15) is 5.75 Å². The van der Waals surface area contributed by atoms with Gasteiger partial charge < -0.3 is 20.7 Å². The molecule has 6 heteroatoms. The van der Waals surface area contributed by atoms with E-state index < -0.39 is 5.54 Å². The first-order chi connectivity index (χ1) is 11.3. The van der Waals surface area contributed by atoms with Crippen molar-refractivity contribution in [3.8, 4) is 5.75 Å². The summed E-state index contributed by atoms with van der Waals surface area (Å²) in [6.07, 6.45) is 1.35. The number of nitrogens with zero attached hydrogens (tertiary/aromatic N) is 1. The van der Waals surface area contributed by atoms with Crippen molar-refractivity contribution in [2.45, 2.75) is 32.2 Å². The number of ether oxygens (including phenoxy) is 1. The van der Waals surface area contributed by atoms with Gasteiger partial charge in [-0.1, -0.05) is 18.2 Å². The Morgan fingerprint density at radius 2 is 1.88 bits per heavy atom. The molecule has 2 rings (SSSR count). The molecule has 6 nitrogen and oxygen atoms in total. The summed E-state index contributed by atoms with van der Waals surface area (Å²) < 4.78 is 5.49. The van der Waals surface area contributed by atoms with Crippen LogP contribution in [0.15, 0.2) is 30.3 Å². The number of amides is 2. The number of piperidine rings is 1. The van der Waals surface area contributed by atoms with E-state index in [1.807, 2.05) is 44.2 Å². The van der Waals surface area contributed by atoms with Gasteiger partial charge in [0.2, 0.25) is 5.91 Å². The number of carbonyl (C=O) groups is 2. The summed E-state index contributed by atoms with van der Waals surface area (Å²) in [4.78, 5) is 26.1. The third-order valence-corrected chi connectivity index (χ3v) is 4.04. The zero-order chi connectivity index (χ0) is 17.6. The molecule has 132 valence electrons. The lowest BCUT2D eigenvalue weighted by Gasteiger charge is -2.32. The van der Waals surface area contributed by atoms with Crippen molar-refractivity contribution in [3.63, 3.8) is 0 Å². The average molecular weight is 333 g/mol. The Kier molecular flexibility index (Phi) is 6.20.